The fourth-order valence-electron chi connectivity index (χ4n) is 1.99. The smallest absolute Gasteiger partial charge is 0.244 e. The molecule has 1 aromatic heterocycles. The number of likely N-dealkylation sites (N-methyl/N-ethyl adjacent to an activating group) is 1. The van der Waals surface area contributed by atoms with E-state index in [2.05, 4.69) is 4.98 Å². The van der Waals surface area contributed by atoms with Crippen LogP contribution in [0.15, 0.2) is 18.2 Å². The standard InChI is InChI=1S/C12H15FN4O/c1-7(11(18)16(2)3)17-9-6-4-5-8(13)10(9)15-12(17)14/h4-7H,1-3H3,(H2,14,15). The number of nitrogens with two attached hydrogens (primary N) is 1. The number of aromatic nitrogens is 2. The van der Waals surface area contributed by atoms with E-state index >= 15 is 0 Å². The van der Waals surface area contributed by atoms with Gasteiger partial charge in [0.05, 0.1) is 5.52 Å². The molecule has 1 heterocycles. The monoisotopic (exact) mass is 250 g/mol. The SMILES string of the molecule is CC(C(=O)N(C)C)n1c(N)nc2c(F)cccc21. The van der Waals surface area contributed by atoms with Crippen LogP contribution in [0.5, 0.6) is 0 Å². The highest BCUT2D eigenvalue weighted by molar-refractivity contribution is 5.85. The molecule has 0 aliphatic rings. The number of benzene rings is 1. The van der Waals surface area contributed by atoms with Gasteiger partial charge in [-0.25, -0.2) is 9.37 Å². The molecule has 0 aliphatic carbocycles. The molecule has 0 saturated heterocycles. The van der Waals surface area contributed by atoms with Gasteiger partial charge in [-0.05, 0) is 19.1 Å². The van der Waals surface area contributed by atoms with Crippen LogP contribution in [0.1, 0.15) is 13.0 Å². The van der Waals surface area contributed by atoms with Gasteiger partial charge in [0, 0.05) is 14.1 Å². The Bertz CT molecular complexity index is 605. The van der Waals surface area contributed by atoms with Gasteiger partial charge in [0.2, 0.25) is 11.9 Å². The van der Waals surface area contributed by atoms with E-state index in [1.54, 1.807) is 37.7 Å². The van der Waals surface area contributed by atoms with E-state index in [0.717, 1.165) is 0 Å². The first-order valence-electron chi connectivity index (χ1n) is 5.56. The van der Waals surface area contributed by atoms with Crippen LogP contribution in [0.2, 0.25) is 0 Å². The third-order valence-corrected chi connectivity index (χ3v) is 2.88. The molecule has 96 valence electrons. The average Bonchev–Trinajstić information content (AvgIpc) is 2.65. The number of carbonyl (C=O) groups is 1. The van der Waals surface area contributed by atoms with Crippen molar-refractivity contribution in [2.24, 2.45) is 0 Å². The highest BCUT2D eigenvalue weighted by atomic mass is 19.1. The number of para-hydroxylation sites is 1. The Kier molecular flexibility index (Phi) is 2.94. The molecule has 1 amide bonds. The Labute approximate surface area is 104 Å². The first kappa shape index (κ1) is 12.3. The maximum atomic E-state index is 13.6. The van der Waals surface area contributed by atoms with Crippen LogP contribution in [0.4, 0.5) is 10.3 Å². The largest absolute Gasteiger partial charge is 0.369 e. The van der Waals surface area contributed by atoms with Crippen LogP contribution >= 0.6 is 0 Å². The Hall–Kier alpha value is -2.11. The molecule has 0 spiro atoms. The summed E-state index contributed by atoms with van der Waals surface area (Å²) in [7, 11) is 3.32. The number of hydrogen-bond donors (Lipinski definition) is 1. The number of anilines is 1. The maximum absolute atomic E-state index is 13.6. The van der Waals surface area contributed by atoms with E-state index in [1.165, 1.54) is 11.0 Å². The van der Waals surface area contributed by atoms with Gasteiger partial charge < -0.3 is 10.6 Å². The fraction of sp³-hybridized carbons (Fsp3) is 0.333. The number of hydrogen-bond acceptors (Lipinski definition) is 3. The van der Waals surface area contributed by atoms with Crippen molar-refractivity contribution in [1.82, 2.24) is 14.5 Å². The molecule has 2 N–H and O–H groups in total. The molecular weight excluding hydrogens is 235 g/mol. The number of fused-ring (bicyclic) bond motifs is 1. The minimum absolute atomic E-state index is 0.120. The van der Waals surface area contributed by atoms with Crippen molar-refractivity contribution in [2.75, 3.05) is 19.8 Å². The van der Waals surface area contributed by atoms with Crippen molar-refractivity contribution in [3.8, 4) is 0 Å². The van der Waals surface area contributed by atoms with E-state index in [4.69, 9.17) is 5.73 Å². The van der Waals surface area contributed by atoms with Crippen LogP contribution in [0, 0.1) is 5.82 Å². The molecule has 6 heteroatoms. The zero-order valence-corrected chi connectivity index (χ0v) is 10.5. The summed E-state index contributed by atoms with van der Waals surface area (Å²) in [6, 6.07) is 4.06. The first-order valence-corrected chi connectivity index (χ1v) is 5.56. The highest BCUT2D eigenvalue weighted by Crippen LogP contribution is 2.25. The summed E-state index contributed by atoms with van der Waals surface area (Å²) in [5.74, 6) is -0.425. The lowest BCUT2D eigenvalue weighted by Crippen LogP contribution is -2.30. The molecule has 1 atom stereocenters. The lowest BCUT2D eigenvalue weighted by molar-refractivity contribution is -0.131. The maximum Gasteiger partial charge on any atom is 0.244 e. The lowest BCUT2D eigenvalue weighted by atomic mass is 10.2. The van der Waals surface area contributed by atoms with E-state index in [-0.39, 0.29) is 17.4 Å². The quantitative estimate of drug-likeness (QED) is 0.876. The Morgan fingerprint density at radius 1 is 1.50 bits per heavy atom. The summed E-state index contributed by atoms with van der Waals surface area (Å²) >= 11 is 0. The number of halogens is 1. The minimum Gasteiger partial charge on any atom is -0.369 e. The van der Waals surface area contributed by atoms with Gasteiger partial charge in [-0.15, -0.1) is 0 Å². The van der Waals surface area contributed by atoms with Crippen molar-refractivity contribution in [3.63, 3.8) is 0 Å². The van der Waals surface area contributed by atoms with Gasteiger partial charge in [0.15, 0.2) is 5.82 Å². The molecule has 1 unspecified atom stereocenters. The van der Waals surface area contributed by atoms with Gasteiger partial charge in [-0.2, -0.15) is 0 Å². The number of carbonyl (C=O) groups excluding carboxylic acids is 1. The van der Waals surface area contributed by atoms with Gasteiger partial charge in [-0.1, -0.05) is 6.07 Å². The summed E-state index contributed by atoms with van der Waals surface area (Å²) in [6.07, 6.45) is 0. The molecule has 1 aromatic carbocycles. The van der Waals surface area contributed by atoms with Crippen LogP contribution in [0.3, 0.4) is 0 Å². The summed E-state index contributed by atoms with van der Waals surface area (Å²) < 4.78 is 15.1. The zero-order chi connectivity index (χ0) is 13.4. The van der Waals surface area contributed by atoms with Crippen molar-refractivity contribution >= 4 is 22.9 Å². The molecule has 2 aromatic rings. The Balaban J connectivity index is 2.61. The van der Waals surface area contributed by atoms with Crippen molar-refractivity contribution in [2.45, 2.75) is 13.0 Å². The normalized spacial score (nSPS) is 12.7. The molecule has 5 nitrogen and oxygen atoms in total. The number of nitrogens with zero attached hydrogens (tertiary/aromatic N) is 3. The first-order chi connectivity index (χ1) is 8.43. The molecule has 0 fully saturated rings. The van der Waals surface area contributed by atoms with E-state index < -0.39 is 11.9 Å². The summed E-state index contributed by atoms with van der Waals surface area (Å²) in [5.41, 5.74) is 6.49. The average molecular weight is 250 g/mol. The number of imidazole rings is 1. The Morgan fingerprint density at radius 3 is 2.78 bits per heavy atom. The van der Waals surface area contributed by atoms with Crippen molar-refractivity contribution in [3.05, 3.63) is 24.0 Å². The van der Waals surface area contributed by atoms with Gasteiger partial charge in [-0.3, -0.25) is 9.36 Å². The van der Waals surface area contributed by atoms with E-state index in [1.807, 2.05) is 0 Å². The van der Waals surface area contributed by atoms with Gasteiger partial charge in [0.1, 0.15) is 11.6 Å². The summed E-state index contributed by atoms with van der Waals surface area (Å²) in [6.45, 7) is 1.71. The zero-order valence-electron chi connectivity index (χ0n) is 10.5. The third kappa shape index (κ3) is 1.79. The fourth-order valence-corrected chi connectivity index (χ4v) is 1.99. The second-order valence-electron chi connectivity index (χ2n) is 4.36. The van der Waals surface area contributed by atoms with Crippen LogP contribution in [0.25, 0.3) is 11.0 Å². The van der Waals surface area contributed by atoms with Crippen molar-refractivity contribution in [1.29, 1.82) is 0 Å². The van der Waals surface area contributed by atoms with Gasteiger partial charge >= 0.3 is 0 Å². The predicted molar refractivity (Wildman–Crippen MR) is 67.5 cm³/mol. The van der Waals surface area contributed by atoms with Crippen LogP contribution < -0.4 is 5.73 Å². The van der Waals surface area contributed by atoms with Crippen molar-refractivity contribution < 1.29 is 9.18 Å². The third-order valence-electron chi connectivity index (χ3n) is 2.88. The van der Waals surface area contributed by atoms with Crippen LogP contribution in [-0.4, -0.2) is 34.5 Å². The molecule has 0 bridgehead atoms. The molecule has 0 radical (unpaired) electrons. The molecular formula is C12H15FN4O. The van der Waals surface area contributed by atoms with Crippen LogP contribution in [-0.2, 0) is 4.79 Å². The van der Waals surface area contributed by atoms with E-state index in [0.29, 0.717) is 5.52 Å². The molecule has 0 saturated carbocycles. The molecule has 0 aliphatic heterocycles. The summed E-state index contributed by atoms with van der Waals surface area (Å²) in [4.78, 5) is 17.4. The highest BCUT2D eigenvalue weighted by Gasteiger charge is 2.22. The second-order valence-corrected chi connectivity index (χ2v) is 4.36. The number of nitrogen functional groups attached to an aromatic ring is 1. The molecule has 18 heavy (non-hydrogen) atoms. The summed E-state index contributed by atoms with van der Waals surface area (Å²) in [5, 5.41) is 0. The van der Waals surface area contributed by atoms with E-state index in [9.17, 15) is 9.18 Å². The topological polar surface area (TPSA) is 64.2 Å². The number of rotatable bonds is 2. The second kappa shape index (κ2) is 4.29. The predicted octanol–water partition coefficient (Wildman–Crippen LogP) is 1.41. The van der Waals surface area contributed by atoms with Gasteiger partial charge in [0.25, 0.3) is 0 Å². The molecule has 2 rings (SSSR count). The Morgan fingerprint density at radius 2 is 2.17 bits per heavy atom. The number of amides is 1. The lowest BCUT2D eigenvalue weighted by Gasteiger charge is -2.19. The minimum atomic E-state index is -0.521.